The fraction of sp³-hybridized carbons (Fsp3) is 0.560. The predicted octanol–water partition coefficient (Wildman–Crippen LogP) is 3.85. The Morgan fingerprint density at radius 3 is 2.38 bits per heavy atom. The van der Waals surface area contributed by atoms with Crippen molar-refractivity contribution in [3.8, 4) is 0 Å². The molecule has 184 valence electrons. The quantitative estimate of drug-likeness (QED) is 0.452. The molecule has 7 nitrogen and oxygen atoms in total. The van der Waals surface area contributed by atoms with Crippen LogP contribution in [0.1, 0.15) is 32.3 Å². The molecule has 2 aliphatic heterocycles. The molecule has 2 fully saturated rings. The van der Waals surface area contributed by atoms with Crippen molar-refractivity contribution in [3.05, 3.63) is 41.7 Å². The second-order valence-electron chi connectivity index (χ2n) is 9.47. The fourth-order valence-electron chi connectivity index (χ4n) is 4.74. The minimum absolute atomic E-state index is 0.209. The van der Waals surface area contributed by atoms with Crippen LogP contribution in [0.4, 0.5) is 22.0 Å². The first-order valence-corrected chi connectivity index (χ1v) is 12.6. The maximum Gasteiger partial charge on any atom is 0.232 e. The van der Waals surface area contributed by atoms with Crippen LogP contribution in [0.3, 0.4) is 0 Å². The molecular weight excluding hydrogens is 451 g/mol. The van der Waals surface area contributed by atoms with E-state index >= 15 is 0 Å². The molecule has 0 amide bonds. The second-order valence-corrected chi connectivity index (χ2v) is 9.88. The maximum atomic E-state index is 13.1. The Hall–Kier alpha value is -2.52. The molecular formula is C25H35FN6OS. The van der Waals surface area contributed by atoms with Crippen molar-refractivity contribution < 1.29 is 9.13 Å². The summed E-state index contributed by atoms with van der Waals surface area (Å²) in [5.41, 5.74) is 1.11. The van der Waals surface area contributed by atoms with Crippen molar-refractivity contribution in [3.63, 3.8) is 0 Å². The summed E-state index contributed by atoms with van der Waals surface area (Å²) < 4.78 is 18.6. The van der Waals surface area contributed by atoms with Crippen LogP contribution < -0.4 is 20.4 Å². The van der Waals surface area contributed by atoms with Crippen LogP contribution >= 0.6 is 12.2 Å². The third-order valence-corrected chi connectivity index (χ3v) is 6.54. The molecule has 2 aliphatic rings. The first kappa shape index (κ1) is 24.6. The van der Waals surface area contributed by atoms with Crippen LogP contribution in [0.5, 0.6) is 0 Å². The summed E-state index contributed by atoms with van der Waals surface area (Å²) in [6, 6.07) is 8.73. The van der Waals surface area contributed by atoms with Crippen LogP contribution in [0.25, 0.3) is 0 Å². The molecule has 34 heavy (non-hydrogen) atoms. The van der Waals surface area contributed by atoms with Crippen LogP contribution in [-0.2, 0) is 11.2 Å². The molecule has 1 aromatic carbocycles. The normalized spacial score (nSPS) is 20.8. The highest BCUT2D eigenvalue weighted by molar-refractivity contribution is 7.80. The van der Waals surface area contributed by atoms with Crippen molar-refractivity contribution in [1.82, 2.24) is 15.3 Å². The largest absolute Gasteiger partial charge is 0.378 e. The number of nitrogens with zero attached hydrogens (tertiary/aromatic N) is 4. The first-order valence-electron chi connectivity index (χ1n) is 12.2. The molecule has 0 aliphatic carbocycles. The second kappa shape index (κ2) is 11.8. The predicted molar refractivity (Wildman–Crippen MR) is 139 cm³/mol. The summed E-state index contributed by atoms with van der Waals surface area (Å²) in [5.74, 6) is 3.41. The summed E-state index contributed by atoms with van der Waals surface area (Å²) in [6.45, 7) is 10.3. The average molecular weight is 487 g/mol. The minimum Gasteiger partial charge on any atom is -0.378 e. The summed E-state index contributed by atoms with van der Waals surface area (Å²) in [7, 11) is 0. The highest BCUT2D eigenvalue weighted by Gasteiger charge is 2.25. The Kier molecular flexibility index (Phi) is 8.50. The Morgan fingerprint density at radius 1 is 1.06 bits per heavy atom. The van der Waals surface area contributed by atoms with Gasteiger partial charge in [-0.15, -0.1) is 0 Å². The zero-order chi connectivity index (χ0) is 23.9. The van der Waals surface area contributed by atoms with Gasteiger partial charge in [0.25, 0.3) is 0 Å². The lowest BCUT2D eigenvalue weighted by Gasteiger charge is -2.36. The number of piperidine rings is 1. The smallest absolute Gasteiger partial charge is 0.232 e. The fourth-order valence-corrected chi connectivity index (χ4v) is 4.93. The molecule has 4 rings (SSSR count). The van der Waals surface area contributed by atoms with Crippen LogP contribution in [0, 0.1) is 17.7 Å². The lowest BCUT2D eigenvalue weighted by atomic mass is 9.92. The molecule has 0 bridgehead atoms. The van der Waals surface area contributed by atoms with Crippen molar-refractivity contribution in [1.29, 1.82) is 0 Å². The van der Waals surface area contributed by atoms with Gasteiger partial charge in [-0.2, -0.15) is 9.97 Å². The third-order valence-electron chi connectivity index (χ3n) is 6.29. The van der Waals surface area contributed by atoms with Gasteiger partial charge in [0.2, 0.25) is 5.95 Å². The molecule has 2 saturated heterocycles. The molecule has 0 saturated carbocycles. The van der Waals surface area contributed by atoms with Crippen molar-refractivity contribution in [2.75, 3.05) is 61.1 Å². The molecule has 9 heteroatoms. The number of halogens is 1. The van der Waals surface area contributed by atoms with E-state index in [1.807, 2.05) is 12.1 Å². The van der Waals surface area contributed by atoms with E-state index < -0.39 is 0 Å². The van der Waals surface area contributed by atoms with E-state index in [0.717, 1.165) is 56.2 Å². The van der Waals surface area contributed by atoms with Crippen LogP contribution in [-0.4, -0.2) is 61.0 Å². The maximum absolute atomic E-state index is 13.1. The highest BCUT2D eigenvalue weighted by atomic mass is 32.1. The average Bonchev–Trinajstić information content (AvgIpc) is 2.83. The van der Waals surface area contributed by atoms with E-state index in [1.54, 1.807) is 0 Å². The Balaban J connectivity index is 1.39. The number of aryl methyl sites for hydroxylation is 1. The molecule has 1 aromatic heterocycles. The van der Waals surface area contributed by atoms with Gasteiger partial charge in [0.1, 0.15) is 17.5 Å². The van der Waals surface area contributed by atoms with Gasteiger partial charge in [-0.25, -0.2) is 4.39 Å². The number of hydrogen-bond acceptors (Lipinski definition) is 6. The first-order chi connectivity index (χ1) is 16.5. The van der Waals surface area contributed by atoms with Gasteiger partial charge in [0.05, 0.1) is 13.2 Å². The van der Waals surface area contributed by atoms with Crippen molar-refractivity contribution >= 4 is 34.9 Å². The van der Waals surface area contributed by atoms with Gasteiger partial charge in [-0.05, 0) is 61.0 Å². The topological polar surface area (TPSA) is 65.6 Å². The molecule has 2 atom stereocenters. The molecule has 2 aromatic rings. The number of morpholine rings is 1. The lowest BCUT2D eigenvalue weighted by molar-refractivity contribution is 0.122. The Morgan fingerprint density at radius 2 is 1.71 bits per heavy atom. The molecule has 0 radical (unpaired) electrons. The monoisotopic (exact) mass is 486 g/mol. The number of benzene rings is 1. The number of nitrogens with one attached hydrogen (secondary N) is 2. The standard InChI is InChI=1S/C25H35FN6OS/c1-18-14-19(2)17-32(16-18)23-15-22(31-10-12-33-13-11-31)28-24(29-23)30-25(34)27-9-3-4-20-5-7-21(26)8-6-20/h5-8,15,18-19H,3-4,9-14,16-17H2,1-2H3,(H2,27,28,29,30,34)/t18-,19-/m0/s1. The number of anilines is 3. The zero-order valence-corrected chi connectivity index (χ0v) is 20.9. The molecule has 0 unspecified atom stereocenters. The lowest BCUT2D eigenvalue weighted by Crippen LogP contribution is -2.40. The Labute approximate surface area is 207 Å². The summed E-state index contributed by atoms with van der Waals surface area (Å²) in [5, 5.41) is 6.94. The van der Waals surface area contributed by atoms with E-state index in [1.165, 1.54) is 18.6 Å². The Bertz CT molecular complexity index is 943. The van der Waals surface area contributed by atoms with E-state index in [2.05, 4.69) is 40.3 Å². The highest BCUT2D eigenvalue weighted by Crippen LogP contribution is 2.28. The summed E-state index contributed by atoms with van der Waals surface area (Å²) in [6.07, 6.45) is 2.99. The van der Waals surface area contributed by atoms with Crippen molar-refractivity contribution in [2.24, 2.45) is 11.8 Å². The van der Waals surface area contributed by atoms with Gasteiger partial charge in [-0.3, -0.25) is 0 Å². The summed E-state index contributed by atoms with van der Waals surface area (Å²) >= 11 is 5.52. The number of aromatic nitrogens is 2. The third kappa shape index (κ3) is 6.99. The van der Waals surface area contributed by atoms with Crippen molar-refractivity contribution in [2.45, 2.75) is 33.1 Å². The van der Waals surface area contributed by atoms with Gasteiger partial charge >= 0.3 is 0 Å². The SMILES string of the molecule is C[C@H]1C[C@H](C)CN(c2cc(N3CCOCC3)nc(NC(=S)NCCCc3ccc(F)cc3)n2)C1. The number of thiocarbonyl (C=S) groups is 1. The van der Waals surface area contributed by atoms with Crippen LogP contribution in [0.15, 0.2) is 30.3 Å². The van der Waals surface area contributed by atoms with E-state index in [-0.39, 0.29) is 5.82 Å². The number of ether oxygens (including phenoxy) is 1. The molecule has 3 heterocycles. The van der Waals surface area contributed by atoms with E-state index in [4.69, 9.17) is 26.9 Å². The van der Waals surface area contributed by atoms with Crippen LogP contribution in [0.2, 0.25) is 0 Å². The van der Waals surface area contributed by atoms with Gasteiger partial charge in [0.15, 0.2) is 5.11 Å². The zero-order valence-electron chi connectivity index (χ0n) is 20.1. The van der Waals surface area contributed by atoms with E-state index in [0.29, 0.717) is 42.7 Å². The molecule has 2 N–H and O–H groups in total. The van der Waals surface area contributed by atoms with E-state index in [9.17, 15) is 4.39 Å². The summed E-state index contributed by atoms with van der Waals surface area (Å²) in [4.78, 5) is 14.2. The minimum atomic E-state index is -0.209. The number of rotatable bonds is 7. The van der Waals surface area contributed by atoms with Gasteiger partial charge in [-0.1, -0.05) is 26.0 Å². The van der Waals surface area contributed by atoms with Gasteiger partial charge in [0, 0.05) is 38.8 Å². The van der Waals surface area contributed by atoms with Gasteiger partial charge < -0.3 is 25.2 Å². The molecule has 0 spiro atoms. The number of hydrogen-bond donors (Lipinski definition) is 2.